The van der Waals surface area contributed by atoms with Crippen molar-refractivity contribution in [1.29, 1.82) is 0 Å². The first kappa shape index (κ1) is 18.2. The van der Waals surface area contributed by atoms with Gasteiger partial charge in [0.25, 0.3) is 5.69 Å². The van der Waals surface area contributed by atoms with Crippen LogP contribution < -0.4 is 9.47 Å². The largest absolute Gasteiger partial charge is 0.493 e. The van der Waals surface area contributed by atoms with E-state index in [1.807, 2.05) is 26.0 Å². The molecule has 130 valence electrons. The molecule has 25 heavy (non-hydrogen) atoms. The van der Waals surface area contributed by atoms with E-state index in [4.69, 9.17) is 9.47 Å². The molecule has 0 saturated heterocycles. The lowest BCUT2D eigenvalue weighted by Gasteiger charge is -2.15. The summed E-state index contributed by atoms with van der Waals surface area (Å²) in [6, 6.07) is 10.9. The van der Waals surface area contributed by atoms with Gasteiger partial charge in [-0.05, 0) is 44.2 Å². The zero-order valence-electron chi connectivity index (χ0n) is 14.3. The fourth-order valence-electron chi connectivity index (χ4n) is 2.20. The van der Waals surface area contributed by atoms with Gasteiger partial charge in [-0.25, -0.2) is 0 Å². The predicted octanol–water partition coefficient (Wildman–Crippen LogP) is 4.29. The molecule has 0 heterocycles. The molecular formula is C19H19NO5. The summed E-state index contributed by atoms with van der Waals surface area (Å²) in [7, 11) is 1.55. The Morgan fingerprint density at radius 3 is 2.40 bits per heavy atom. The highest BCUT2D eigenvalue weighted by Gasteiger charge is 2.11. The van der Waals surface area contributed by atoms with Crippen molar-refractivity contribution < 1.29 is 19.2 Å². The van der Waals surface area contributed by atoms with Crippen molar-refractivity contribution in [2.45, 2.75) is 20.0 Å². The van der Waals surface area contributed by atoms with Crippen LogP contribution >= 0.6 is 0 Å². The normalized spacial score (nSPS) is 10.9. The van der Waals surface area contributed by atoms with Gasteiger partial charge >= 0.3 is 0 Å². The van der Waals surface area contributed by atoms with Crippen molar-refractivity contribution in [3.05, 3.63) is 69.8 Å². The molecule has 2 aromatic carbocycles. The van der Waals surface area contributed by atoms with Gasteiger partial charge < -0.3 is 9.47 Å². The minimum absolute atomic E-state index is 0.0474. The molecule has 0 aliphatic carbocycles. The molecule has 0 aromatic heterocycles. The molecule has 2 aromatic rings. The second kappa shape index (κ2) is 8.10. The van der Waals surface area contributed by atoms with E-state index in [9.17, 15) is 14.9 Å². The van der Waals surface area contributed by atoms with E-state index in [1.165, 1.54) is 30.3 Å². The lowest BCUT2D eigenvalue weighted by Crippen LogP contribution is -2.08. The third-order valence-electron chi connectivity index (χ3n) is 3.36. The van der Waals surface area contributed by atoms with Crippen LogP contribution in [0, 0.1) is 10.1 Å². The van der Waals surface area contributed by atoms with Crippen LogP contribution in [-0.2, 0) is 0 Å². The minimum atomic E-state index is -0.504. The zero-order chi connectivity index (χ0) is 18.4. The molecule has 0 atom stereocenters. The smallest absolute Gasteiger partial charge is 0.269 e. The molecule has 0 fully saturated rings. The summed E-state index contributed by atoms with van der Waals surface area (Å²) in [5.41, 5.74) is 1.03. The van der Waals surface area contributed by atoms with Gasteiger partial charge in [-0.1, -0.05) is 12.1 Å². The quantitative estimate of drug-likeness (QED) is 0.325. The Bertz CT molecular complexity index is 794. The van der Waals surface area contributed by atoms with Gasteiger partial charge in [-0.3, -0.25) is 14.9 Å². The first-order chi connectivity index (χ1) is 11.9. The molecule has 0 unspecified atom stereocenters. The molecule has 0 bridgehead atoms. The lowest BCUT2D eigenvalue weighted by atomic mass is 10.1. The first-order valence-corrected chi connectivity index (χ1v) is 7.73. The third kappa shape index (κ3) is 4.67. The highest BCUT2D eigenvalue weighted by Crippen LogP contribution is 2.33. The van der Waals surface area contributed by atoms with E-state index < -0.39 is 4.92 Å². The van der Waals surface area contributed by atoms with Crippen LogP contribution in [0.15, 0.2) is 48.5 Å². The van der Waals surface area contributed by atoms with Crippen LogP contribution in [-0.4, -0.2) is 23.9 Å². The van der Waals surface area contributed by atoms with Gasteiger partial charge in [-0.2, -0.15) is 0 Å². The number of ether oxygens (including phenoxy) is 2. The fraction of sp³-hybridized carbons (Fsp3) is 0.211. The van der Waals surface area contributed by atoms with Gasteiger partial charge in [0.1, 0.15) is 0 Å². The number of ketones is 1. The Hall–Kier alpha value is -3.15. The van der Waals surface area contributed by atoms with Crippen LogP contribution in [0.25, 0.3) is 6.08 Å². The maximum absolute atomic E-state index is 12.3. The monoisotopic (exact) mass is 341 g/mol. The zero-order valence-corrected chi connectivity index (χ0v) is 14.3. The number of methoxy groups -OCH3 is 1. The van der Waals surface area contributed by atoms with Gasteiger partial charge in [0.2, 0.25) is 0 Å². The van der Waals surface area contributed by atoms with Gasteiger partial charge in [0.15, 0.2) is 17.3 Å². The Morgan fingerprint density at radius 2 is 1.84 bits per heavy atom. The number of nitrogens with zero attached hydrogens (tertiary/aromatic N) is 1. The van der Waals surface area contributed by atoms with Crippen LogP contribution in [0.3, 0.4) is 0 Å². The van der Waals surface area contributed by atoms with Crippen molar-refractivity contribution in [3.8, 4) is 11.5 Å². The molecule has 0 radical (unpaired) electrons. The van der Waals surface area contributed by atoms with E-state index in [1.54, 1.807) is 19.3 Å². The van der Waals surface area contributed by atoms with Gasteiger partial charge in [-0.15, -0.1) is 0 Å². The first-order valence-electron chi connectivity index (χ1n) is 7.73. The van der Waals surface area contributed by atoms with Crippen LogP contribution in [0.5, 0.6) is 11.5 Å². The molecule has 6 heteroatoms. The van der Waals surface area contributed by atoms with E-state index >= 15 is 0 Å². The summed E-state index contributed by atoms with van der Waals surface area (Å²) >= 11 is 0. The summed E-state index contributed by atoms with van der Waals surface area (Å²) < 4.78 is 11.1. The number of nitro groups is 1. The number of rotatable bonds is 7. The van der Waals surface area contributed by atoms with E-state index in [2.05, 4.69) is 0 Å². The third-order valence-corrected chi connectivity index (χ3v) is 3.36. The number of allylic oxidation sites excluding steroid dienone is 1. The van der Waals surface area contributed by atoms with Crippen LogP contribution in [0.1, 0.15) is 29.8 Å². The Balaban J connectivity index is 2.26. The van der Waals surface area contributed by atoms with E-state index in [0.717, 1.165) is 0 Å². The number of benzene rings is 2. The molecule has 6 nitrogen and oxygen atoms in total. The molecular weight excluding hydrogens is 322 g/mol. The Kier molecular flexibility index (Phi) is 5.89. The maximum Gasteiger partial charge on any atom is 0.269 e. The summed E-state index contributed by atoms with van der Waals surface area (Å²) in [4.78, 5) is 22.4. The molecule has 2 rings (SSSR count). The van der Waals surface area contributed by atoms with Gasteiger partial charge in [0.05, 0.1) is 18.1 Å². The lowest BCUT2D eigenvalue weighted by molar-refractivity contribution is -0.384. The number of non-ortho nitro benzene ring substituents is 1. The van der Waals surface area contributed by atoms with E-state index in [-0.39, 0.29) is 17.6 Å². The fourth-order valence-corrected chi connectivity index (χ4v) is 2.20. The summed E-state index contributed by atoms with van der Waals surface area (Å²) in [5, 5.41) is 10.7. The topological polar surface area (TPSA) is 78.7 Å². The second-order valence-electron chi connectivity index (χ2n) is 5.55. The molecule has 0 amide bonds. The van der Waals surface area contributed by atoms with Crippen molar-refractivity contribution in [2.24, 2.45) is 0 Å². The average Bonchev–Trinajstić information content (AvgIpc) is 2.60. The minimum Gasteiger partial charge on any atom is -0.493 e. The molecule has 0 spiro atoms. The highest BCUT2D eigenvalue weighted by atomic mass is 16.6. The summed E-state index contributed by atoms with van der Waals surface area (Å²) in [6.45, 7) is 3.81. The van der Waals surface area contributed by atoms with Crippen LogP contribution in [0.4, 0.5) is 5.69 Å². The Labute approximate surface area is 145 Å². The number of hydrogen-bond acceptors (Lipinski definition) is 5. The number of carbonyl (C=O) groups excluding carboxylic acids is 1. The summed E-state index contributed by atoms with van der Waals surface area (Å²) in [6.07, 6.45) is 3.00. The maximum atomic E-state index is 12.3. The number of hydrogen-bond donors (Lipinski definition) is 0. The number of nitro benzene ring substituents is 1. The van der Waals surface area contributed by atoms with Crippen molar-refractivity contribution in [1.82, 2.24) is 0 Å². The van der Waals surface area contributed by atoms with Gasteiger partial charge in [0, 0.05) is 23.3 Å². The second-order valence-corrected chi connectivity index (χ2v) is 5.55. The highest BCUT2D eigenvalue weighted by molar-refractivity contribution is 6.07. The molecule has 0 aliphatic heterocycles. The van der Waals surface area contributed by atoms with Crippen LogP contribution in [0.2, 0.25) is 0 Å². The predicted molar refractivity (Wildman–Crippen MR) is 95.2 cm³/mol. The standard InChI is InChI=1S/C19H19NO5/c1-13(2)25-19-15(5-4-6-18(19)24-3)9-12-17(21)14-7-10-16(11-8-14)20(22)23/h4-13H,1-3H3. The van der Waals surface area contributed by atoms with Crippen molar-refractivity contribution in [3.63, 3.8) is 0 Å². The molecule has 0 N–H and O–H groups in total. The summed E-state index contributed by atoms with van der Waals surface area (Å²) in [5.74, 6) is 0.889. The van der Waals surface area contributed by atoms with E-state index in [0.29, 0.717) is 22.6 Å². The molecule has 0 saturated carbocycles. The van der Waals surface area contributed by atoms with Crippen molar-refractivity contribution >= 4 is 17.5 Å². The number of para-hydroxylation sites is 1. The average molecular weight is 341 g/mol. The Morgan fingerprint density at radius 1 is 1.16 bits per heavy atom. The van der Waals surface area contributed by atoms with Crippen molar-refractivity contribution in [2.75, 3.05) is 7.11 Å². The SMILES string of the molecule is COc1cccc(C=CC(=O)c2ccc([N+](=O)[O-])cc2)c1OC(C)C. The molecule has 0 aliphatic rings. The number of carbonyl (C=O) groups is 1.